The van der Waals surface area contributed by atoms with Crippen molar-refractivity contribution < 1.29 is 24.6 Å². The smallest absolute Gasteiger partial charge is 0.253 e. The van der Waals surface area contributed by atoms with Crippen molar-refractivity contribution in [3.8, 4) is 0 Å². The summed E-state index contributed by atoms with van der Waals surface area (Å²) in [7, 11) is 0. The molecule has 0 saturated carbocycles. The first-order valence-corrected chi connectivity index (χ1v) is 16.0. The van der Waals surface area contributed by atoms with E-state index in [2.05, 4.69) is 10.6 Å². The number of benzene rings is 3. The highest BCUT2D eigenvalue weighted by molar-refractivity contribution is 6.00. The van der Waals surface area contributed by atoms with Crippen LogP contribution in [0.1, 0.15) is 77.9 Å². The summed E-state index contributed by atoms with van der Waals surface area (Å²) >= 11 is 0. The van der Waals surface area contributed by atoms with Crippen molar-refractivity contribution in [2.75, 3.05) is 13.1 Å². The molecule has 3 rings (SSSR count). The van der Waals surface area contributed by atoms with E-state index < -0.39 is 30.1 Å². The van der Waals surface area contributed by atoms with Gasteiger partial charge in [-0.1, -0.05) is 88.4 Å². The molecule has 0 saturated heterocycles. The molecule has 0 aliphatic carbocycles. The van der Waals surface area contributed by atoms with Gasteiger partial charge in [0, 0.05) is 30.8 Å². The number of aliphatic hydroxyl groups excluding tert-OH is 2. The van der Waals surface area contributed by atoms with E-state index >= 15 is 0 Å². The first-order valence-electron chi connectivity index (χ1n) is 16.0. The Hall–Kier alpha value is -4.01. The molecule has 242 valence electrons. The lowest BCUT2D eigenvalue weighted by atomic mass is 9.83. The Morgan fingerprint density at radius 1 is 0.778 bits per heavy atom. The number of carbonyl (C=O) groups is 3. The third-order valence-corrected chi connectivity index (χ3v) is 7.94. The summed E-state index contributed by atoms with van der Waals surface area (Å²) in [6.07, 6.45) is -1.04. The van der Waals surface area contributed by atoms with Gasteiger partial charge in [0.15, 0.2) is 0 Å². The van der Waals surface area contributed by atoms with Crippen molar-refractivity contribution >= 4 is 17.7 Å². The van der Waals surface area contributed by atoms with Gasteiger partial charge in [-0.3, -0.25) is 14.4 Å². The Morgan fingerprint density at radius 2 is 1.33 bits per heavy atom. The number of nitrogens with one attached hydrogen (secondary N) is 2. The first kappa shape index (κ1) is 35.5. The highest BCUT2D eigenvalue weighted by Crippen LogP contribution is 2.23. The minimum atomic E-state index is -1.46. The molecule has 4 atom stereocenters. The molecule has 4 N–H and O–H groups in total. The van der Waals surface area contributed by atoms with E-state index in [1.54, 1.807) is 23.1 Å². The predicted molar refractivity (Wildman–Crippen MR) is 178 cm³/mol. The minimum Gasteiger partial charge on any atom is -0.390 e. The van der Waals surface area contributed by atoms with Crippen LogP contribution in [0.3, 0.4) is 0 Å². The highest BCUT2D eigenvalue weighted by atomic mass is 16.3. The molecule has 3 aromatic carbocycles. The third-order valence-electron chi connectivity index (χ3n) is 7.94. The molecule has 3 aromatic rings. The molecule has 0 spiro atoms. The molecule has 0 aromatic heterocycles. The van der Waals surface area contributed by atoms with Crippen molar-refractivity contribution in [2.24, 2.45) is 11.8 Å². The summed E-state index contributed by atoms with van der Waals surface area (Å²) in [4.78, 5) is 42.2. The summed E-state index contributed by atoms with van der Waals surface area (Å²) in [5.74, 6) is -2.21. The van der Waals surface area contributed by atoms with Crippen molar-refractivity contribution in [2.45, 2.75) is 78.7 Å². The Labute approximate surface area is 267 Å². The standard InChI is InChI=1S/C37H49N3O5/c1-6-18-40(19-7-2)37(45)30-21-26(5)20-29(23-30)35(43)39-31(22-27-14-10-8-11-15-27)33(41)34(42)32(25(3)4)36(44)38-24-28-16-12-9-13-17-28/h8-17,20-21,23,25,31-34,41-42H,6-7,18-19,22,24H2,1-5H3,(H,38,44)(H,39,43)/t31-,32+,33+,34+/m0/s1. The second-order valence-corrected chi connectivity index (χ2v) is 12.1. The van der Waals surface area contributed by atoms with Crippen molar-refractivity contribution in [1.29, 1.82) is 0 Å². The average Bonchev–Trinajstić information content (AvgIpc) is 3.03. The largest absolute Gasteiger partial charge is 0.390 e. The highest BCUT2D eigenvalue weighted by Gasteiger charge is 2.38. The van der Waals surface area contributed by atoms with Crippen LogP contribution in [0, 0.1) is 18.8 Å². The molecule has 0 fully saturated rings. The van der Waals surface area contributed by atoms with E-state index in [0.717, 1.165) is 29.5 Å². The van der Waals surface area contributed by atoms with E-state index in [9.17, 15) is 24.6 Å². The molecule has 0 unspecified atom stereocenters. The second-order valence-electron chi connectivity index (χ2n) is 12.1. The maximum absolute atomic E-state index is 13.7. The van der Waals surface area contributed by atoms with Crippen LogP contribution in [-0.2, 0) is 17.8 Å². The van der Waals surface area contributed by atoms with Gasteiger partial charge in [-0.25, -0.2) is 0 Å². The molecule has 0 aliphatic rings. The molecule has 0 bridgehead atoms. The Kier molecular flexibility index (Phi) is 13.8. The Bertz CT molecular complexity index is 1370. The predicted octanol–water partition coefficient (Wildman–Crippen LogP) is 4.91. The van der Waals surface area contributed by atoms with Crippen LogP contribution in [0.5, 0.6) is 0 Å². The third kappa shape index (κ3) is 10.3. The average molecular weight is 616 g/mol. The second kappa shape index (κ2) is 17.5. The normalized spacial score (nSPS) is 13.9. The number of amides is 3. The number of hydrogen-bond acceptors (Lipinski definition) is 5. The van der Waals surface area contributed by atoms with E-state index in [0.29, 0.717) is 18.7 Å². The fourth-order valence-corrected chi connectivity index (χ4v) is 5.66. The number of aliphatic hydroxyl groups is 2. The maximum atomic E-state index is 13.7. The molecular weight excluding hydrogens is 566 g/mol. The lowest BCUT2D eigenvalue weighted by molar-refractivity contribution is -0.135. The summed E-state index contributed by atoms with van der Waals surface area (Å²) in [5.41, 5.74) is 3.23. The van der Waals surface area contributed by atoms with Gasteiger partial charge in [0.05, 0.1) is 18.1 Å². The van der Waals surface area contributed by atoms with Gasteiger partial charge in [0.2, 0.25) is 5.91 Å². The number of aryl methyl sites for hydroxylation is 1. The number of nitrogens with zero attached hydrogens (tertiary/aromatic N) is 1. The zero-order chi connectivity index (χ0) is 32.9. The summed E-state index contributed by atoms with van der Waals surface area (Å²) in [6, 6.07) is 23.0. The molecule has 45 heavy (non-hydrogen) atoms. The lowest BCUT2D eigenvalue weighted by Gasteiger charge is -2.33. The van der Waals surface area contributed by atoms with Gasteiger partial charge >= 0.3 is 0 Å². The monoisotopic (exact) mass is 615 g/mol. The van der Waals surface area contributed by atoms with Gasteiger partial charge in [-0.2, -0.15) is 0 Å². The molecule has 0 heterocycles. The van der Waals surface area contributed by atoms with E-state index in [-0.39, 0.29) is 36.3 Å². The number of carbonyl (C=O) groups excluding carboxylic acids is 3. The van der Waals surface area contributed by atoms with Crippen molar-refractivity contribution in [3.63, 3.8) is 0 Å². The number of rotatable bonds is 16. The quantitative estimate of drug-likeness (QED) is 0.183. The van der Waals surface area contributed by atoms with Crippen LogP contribution >= 0.6 is 0 Å². The molecular formula is C37H49N3O5. The fraction of sp³-hybridized carbons (Fsp3) is 0.432. The van der Waals surface area contributed by atoms with Crippen LogP contribution in [0.4, 0.5) is 0 Å². The van der Waals surface area contributed by atoms with Crippen LogP contribution in [0.25, 0.3) is 0 Å². The van der Waals surface area contributed by atoms with Gasteiger partial charge in [-0.15, -0.1) is 0 Å². The molecule has 8 nitrogen and oxygen atoms in total. The van der Waals surface area contributed by atoms with E-state index in [1.807, 2.05) is 95.3 Å². The molecule has 3 amide bonds. The van der Waals surface area contributed by atoms with Crippen LogP contribution in [-0.4, -0.2) is 64.2 Å². The van der Waals surface area contributed by atoms with Crippen molar-refractivity contribution in [3.05, 3.63) is 107 Å². The van der Waals surface area contributed by atoms with E-state index in [4.69, 9.17) is 0 Å². The number of hydrogen-bond donors (Lipinski definition) is 4. The topological polar surface area (TPSA) is 119 Å². The SMILES string of the molecule is CCCN(CCC)C(=O)c1cc(C)cc(C(=O)N[C@@H](Cc2ccccc2)[C@@H](O)[C@H](O)[C@H](C(=O)NCc2ccccc2)C(C)C)c1. The Balaban J connectivity index is 1.86. The molecule has 0 aliphatic heterocycles. The first-order chi connectivity index (χ1) is 21.5. The summed E-state index contributed by atoms with van der Waals surface area (Å²) < 4.78 is 0. The van der Waals surface area contributed by atoms with Crippen LogP contribution in [0.15, 0.2) is 78.9 Å². The minimum absolute atomic E-state index is 0.131. The van der Waals surface area contributed by atoms with Crippen LogP contribution < -0.4 is 10.6 Å². The zero-order valence-electron chi connectivity index (χ0n) is 27.2. The molecule has 0 radical (unpaired) electrons. The lowest BCUT2D eigenvalue weighted by Crippen LogP contribution is -2.55. The maximum Gasteiger partial charge on any atom is 0.253 e. The zero-order valence-corrected chi connectivity index (χ0v) is 27.2. The van der Waals surface area contributed by atoms with Gasteiger partial charge in [-0.05, 0) is 67.0 Å². The Morgan fingerprint density at radius 3 is 1.89 bits per heavy atom. The van der Waals surface area contributed by atoms with E-state index in [1.165, 1.54) is 0 Å². The van der Waals surface area contributed by atoms with Crippen LogP contribution in [0.2, 0.25) is 0 Å². The molecule has 8 heteroatoms. The van der Waals surface area contributed by atoms with Gasteiger partial charge in [0.1, 0.15) is 6.10 Å². The fourth-order valence-electron chi connectivity index (χ4n) is 5.66. The van der Waals surface area contributed by atoms with Crippen molar-refractivity contribution in [1.82, 2.24) is 15.5 Å². The summed E-state index contributed by atoms with van der Waals surface area (Å²) in [5, 5.41) is 28.8. The summed E-state index contributed by atoms with van der Waals surface area (Å²) in [6.45, 7) is 11.1. The van der Waals surface area contributed by atoms with Gasteiger partial charge in [0.25, 0.3) is 11.8 Å². The van der Waals surface area contributed by atoms with Gasteiger partial charge < -0.3 is 25.7 Å².